The number of quaternary nitrogens is 1. The second kappa shape index (κ2) is 5.25. The Bertz CT molecular complexity index is 443. The predicted octanol–water partition coefficient (Wildman–Crippen LogP) is 2.19. The van der Waals surface area contributed by atoms with E-state index in [-0.39, 0.29) is 5.78 Å². The number of carbonyl (C=O) groups is 1. The molecule has 5 heteroatoms. The van der Waals surface area contributed by atoms with Crippen molar-refractivity contribution in [3.8, 4) is 5.75 Å². The Morgan fingerprint density at radius 1 is 1.35 bits per heavy atom. The van der Waals surface area contributed by atoms with Crippen LogP contribution in [0.25, 0.3) is 0 Å². The molecule has 0 spiro atoms. The lowest BCUT2D eigenvalue weighted by Gasteiger charge is -2.03. The number of Topliss-reactive ketones (excluding diaryl/α,β-unsaturated/α-hetero) is 1. The van der Waals surface area contributed by atoms with Gasteiger partial charge >= 0.3 is 5.17 Å². The third-order valence-corrected chi connectivity index (χ3v) is 2.71. The summed E-state index contributed by atoms with van der Waals surface area (Å²) in [4.78, 5) is 15.7. The van der Waals surface area contributed by atoms with Gasteiger partial charge in [0.25, 0.3) is 0 Å². The van der Waals surface area contributed by atoms with Gasteiger partial charge in [-0.1, -0.05) is 16.8 Å². The topological polar surface area (TPSA) is 38.8 Å². The van der Waals surface area contributed by atoms with Gasteiger partial charge in [0.05, 0.1) is 12.7 Å². The van der Waals surface area contributed by atoms with Gasteiger partial charge < -0.3 is 4.74 Å². The van der Waals surface area contributed by atoms with Crippen molar-refractivity contribution in [2.24, 2.45) is 0 Å². The number of thiocarbonyl (C=S) groups is 1. The highest BCUT2D eigenvalue weighted by atomic mass is 32.1. The number of hydroxylamine groups is 3. The number of hydrogen-bond acceptors (Lipinski definition) is 4. The first kappa shape index (κ1) is 13.6. The monoisotopic (exact) mass is 254 g/mol. The van der Waals surface area contributed by atoms with Crippen molar-refractivity contribution in [3.63, 3.8) is 0 Å². The summed E-state index contributed by atoms with van der Waals surface area (Å²) < 4.78 is 5.45. The first-order valence-electron chi connectivity index (χ1n) is 5.10. The number of nitrogens with zero attached hydrogens (tertiary/aromatic N) is 1. The Hall–Kier alpha value is -1.46. The summed E-state index contributed by atoms with van der Waals surface area (Å²) in [5.74, 6) is 0.669. The average molecular weight is 254 g/mol. The van der Waals surface area contributed by atoms with Gasteiger partial charge in [0.2, 0.25) is 0 Å². The van der Waals surface area contributed by atoms with Crippen LogP contribution in [-0.4, -0.2) is 36.8 Å². The Morgan fingerprint density at radius 3 is 2.12 bits per heavy atom. The van der Waals surface area contributed by atoms with E-state index in [2.05, 4.69) is 12.2 Å². The first-order chi connectivity index (χ1) is 7.88. The number of benzene rings is 1. The van der Waals surface area contributed by atoms with Crippen LogP contribution in [0.4, 0.5) is 0 Å². The first-order valence-corrected chi connectivity index (χ1v) is 5.51. The molecule has 2 rings (SSSR count). The van der Waals surface area contributed by atoms with Crippen LogP contribution >= 0.6 is 12.2 Å². The fourth-order valence-electron chi connectivity index (χ4n) is 1.11. The maximum Gasteiger partial charge on any atom is 0.457 e. The lowest BCUT2D eigenvalue weighted by atomic mass is 10.1. The number of methoxy groups -OCH3 is 1. The third-order valence-electron chi connectivity index (χ3n) is 2.20. The van der Waals surface area contributed by atoms with E-state index in [9.17, 15) is 4.79 Å². The summed E-state index contributed by atoms with van der Waals surface area (Å²) in [7, 11) is 5.34. The average Bonchev–Trinajstić information content (AvgIpc) is 2.84. The molecule has 17 heavy (non-hydrogen) atoms. The van der Waals surface area contributed by atoms with Crippen LogP contribution in [0.5, 0.6) is 5.75 Å². The molecule has 1 saturated heterocycles. The molecule has 0 saturated carbocycles. The van der Waals surface area contributed by atoms with Crippen molar-refractivity contribution in [1.29, 1.82) is 0 Å². The van der Waals surface area contributed by atoms with Crippen molar-refractivity contribution in [1.82, 2.24) is 0 Å². The summed E-state index contributed by atoms with van der Waals surface area (Å²) in [5, 5.41) is 0.676. The number of para-hydroxylation sites is 1. The summed E-state index contributed by atoms with van der Waals surface area (Å²) in [6.45, 7) is 1.53. The molecule has 0 unspecified atom stereocenters. The van der Waals surface area contributed by atoms with Gasteiger partial charge in [-0.2, -0.15) is 0 Å². The van der Waals surface area contributed by atoms with Crippen LogP contribution in [0.2, 0.25) is 0 Å². The fraction of sp³-hybridized carbons (Fsp3) is 0.333. The zero-order valence-corrected chi connectivity index (χ0v) is 11.2. The maximum atomic E-state index is 10.9. The van der Waals surface area contributed by atoms with Gasteiger partial charge in [-0.05, 0) is 19.1 Å². The number of hydrogen-bond donors (Lipinski definition) is 0. The fourth-order valence-corrected chi connectivity index (χ4v) is 1.30. The molecule has 0 amide bonds. The van der Waals surface area contributed by atoms with E-state index in [0.717, 1.165) is 0 Å². The number of ether oxygens (including phenoxy) is 1. The van der Waals surface area contributed by atoms with Crippen LogP contribution in [-0.2, 0) is 4.84 Å². The number of ketones is 1. The highest BCUT2D eigenvalue weighted by Gasteiger charge is 2.47. The summed E-state index contributed by atoms with van der Waals surface area (Å²) in [6, 6.07) is 7.18. The summed E-state index contributed by atoms with van der Waals surface area (Å²) in [5.41, 5.74) is 0.634. The van der Waals surface area contributed by atoms with Crippen LogP contribution in [0, 0.1) is 0 Å². The maximum absolute atomic E-state index is 10.9. The minimum Gasteiger partial charge on any atom is -0.496 e. The van der Waals surface area contributed by atoms with E-state index in [0.29, 0.717) is 21.1 Å². The predicted molar refractivity (Wildman–Crippen MR) is 68.8 cm³/mol. The minimum absolute atomic E-state index is 0.0300. The third kappa shape index (κ3) is 3.80. The largest absolute Gasteiger partial charge is 0.496 e. The number of carbonyl (C=O) groups excluding carboxylic acids is 1. The van der Waals surface area contributed by atoms with Gasteiger partial charge in [-0.3, -0.25) is 4.79 Å². The van der Waals surface area contributed by atoms with E-state index in [1.165, 1.54) is 6.92 Å². The summed E-state index contributed by atoms with van der Waals surface area (Å²) in [6.07, 6.45) is 0. The van der Waals surface area contributed by atoms with Crippen LogP contribution < -0.4 is 4.74 Å². The van der Waals surface area contributed by atoms with E-state index in [1.54, 1.807) is 19.2 Å². The summed E-state index contributed by atoms with van der Waals surface area (Å²) >= 11 is 4.63. The van der Waals surface area contributed by atoms with E-state index in [1.807, 2.05) is 26.2 Å². The smallest absolute Gasteiger partial charge is 0.457 e. The van der Waals surface area contributed by atoms with Crippen LogP contribution in [0.1, 0.15) is 17.3 Å². The van der Waals surface area contributed by atoms with Gasteiger partial charge in [0.1, 0.15) is 19.8 Å². The lowest BCUT2D eigenvalue weighted by molar-refractivity contribution is -0.854. The molecule has 0 atom stereocenters. The molecular formula is C12H16NO3S+. The van der Waals surface area contributed by atoms with E-state index >= 15 is 0 Å². The lowest BCUT2D eigenvalue weighted by Crippen LogP contribution is -2.10. The highest BCUT2D eigenvalue weighted by molar-refractivity contribution is 7.80. The molecule has 0 aliphatic carbocycles. The van der Waals surface area contributed by atoms with Crippen molar-refractivity contribution in [2.45, 2.75) is 6.92 Å². The molecule has 1 fully saturated rings. The highest BCUT2D eigenvalue weighted by Crippen LogP contribution is 2.18. The Morgan fingerprint density at radius 2 is 1.82 bits per heavy atom. The quantitative estimate of drug-likeness (QED) is 0.351. The van der Waals surface area contributed by atoms with Gasteiger partial charge in [-0.25, -0.2) is 4.84 Å². The zero-order valence-electron chi connectivity index (χ0n) is 10.4. The molecule has 0 aromatic heterocycles. The molecular weight excluding hydrogens is 238 g/mol. The standard InChI is InChI=1S/C9H10O2.C3H6NOS/c1-7(10)8-5-3-4-6-9(8)11-2;1-4(2)3(6)5-4/h3-6H,1-2H3;1-2H3/q;+1. The van der Waals surface area contributed by atoms with Crippen LogP contribution in [0.3, 0.4) is 0 Å². The van der Waals surface area contributed by atoms with Gasteiger partial charge in [0, 0.05) is 12.2 Å². The van der Waals surface area contributed by atoms with Crippen molar-refractivity contribution < 1.29 is 19.0 Å². The molecule has 1 aromatic carbocycles. The number of rotatable bonds is 2. The van der Waals surface area contributed by atoms with Crippen molar-refractivity contribution >= 4 is 23.2 Å². The van der Waals surface area contributed by atoms with E-state index in [4.69, 9.17) is 9.57 Å². The van der Waals surface area contributed by atoms with Crippen molar-refractivity contribution in [3.05, 3.63) is 29.8 Å². The molecule has 0 N–H and O–H groups in total. The Kier molecular flexibility index (Phi) is 4.20. The normalized spacial score (nSPS) is 15.2. The SMILES string of the molecule is COc1ccccc1C(C)=O.C[N+]1(C)OC1=S. The van der Waals surface area contributed by atoms with Gasteiger partial charge in [0.15, 0.2) is 5.78 Å². The molecule has 1 aliphatic heterocycles. The molecule has 4 nitrogen and oxygen atoms in total. The minimum atomic E-state index is 0.0300. The Balaban J connectivity index is 0.000000202. The van der Waals surface area contributed by atoms with Gasteiger partial charge in [-0.15, -0.1) is 0 Å². The van der Waals surface area contributed by atoms with Crippen molar-refractivity contribution in [2.75, 3.05) is 21.2 Å². The molecule has 92 valence electrons. The molecule has 1 aromatic rings. The second-order valence-corrected chi connectivity index (χ2v) is 4.31. The molecule has 0 radical (unpaired) electrons. The van der Waals surface area contributed by atoms with E-state index < -0.39 is 0 Å². The van der Waals surface area contributed by atoms with Crippen LogP contribution in [0.15, 0.2) is 24.3 Å². The second-order valence-electron chi connectivity index (χ2n) is 3.96. The molecule has 1 aliphatic rings. The molecule has 1 heterocycles. The Labute approximate surface area is 106 Å². The molecule has 0 bridgehead atoms. The zero-order chi connectivity index (χ0) is 13.1.